The summed E-state index contributed by atoms with van der Waals surface area (Å²) >= 11 is 0. The smallest absolute Gasteiger partial charge is 0.213 e. The zero-order valence-corrected chi connectivity index (χ0v) is 10.2. The van der Waals surface area contributed by atoms with Crippen LogP contribution in [-0.2, 0) is 13.2 Å². The van der Waals surface area contributed by atoms with Crippen LogP contribution in [-0.4, -0.2) is 12.0 Å². The number of ether oxygens (including phenoxy) is 1. The first kappa shape index (κ1) is 12.5. The van der Waals surface area contributed by atoms with Gasteiger partial charge in [0, 0.05) is 24.4 Å². The van der Waals surface area contributed by atoms with Crippen molar-refractivity contribution in [3.63, 3.8) is 0 Å². The van der Waals surface area contributed by atoms with Crippen LogP contribution in [0.2, 0.25) is 0 Å². The van der Waals surface area contributed by atoms with E-state index in [2.05, 4.69) is 10.3 Å². The predicted octanol–water partition coefficient (Wildman–Crippen LogP) is 2.52. The van der Waals surface area contributed by atoms with Crippen molar-refractivity contribution in [2.24, 2.45) is 0 Å². The Kier molecular flexibility index (Phi) is 4.25. The molecule has 1 heterocycles. The van der Waals surface area contributed by atoms with E-state index in [1.807, 2.05) is 13.1 Å². The maximum absolute atomic E-state index is 13.3. The second-order valence-electron chi connectivity index (χ2n) is 3.92. The molecule has 18 heavy (non-hydrogen) atoms. The van der Waals surface area contributed by atoms with E-state index in [0.717, 1.165) is 12.1 Å². The van der Waals surface area contributed by atoms with Crippen LogP contribution >= 0.6 is 0 Å². The van der Waals surface area contributed by atoms with E-state index in [-0.39, 0.29) is 12.4 Å². The molecule has 0 saturated heterocycles. The van der Waals surface area contributed by atoms with Gasteiger partial charge in [0.2, 0.25) is 5.88 Å². The molecule has 0 aliphatic heterocycles. The molecular weight excluding hydrogens is 231 g/mol. The summed E-state index contributed by atoms with van der Waals surface area (Å²) in [6.07, 6.45) is 1.74. The Hall–Kier alpha value is -1.94. The molecule has 0 atom stereocenters. The van der Waals surface area contributed by atoms with E-state index in [0.29, 0.717) is 11.4 Å². The van der Waals surface area contributed by atoms with Gasteiger partial charge in [-0.05, 0) is 18.7 Å². The third-order valence-electron chi connectivity index (χ3n) is 2.51. The Morgan fingerprint density at radius 1 is 1.22 bits per heavy atom. The van der Waals surface area contributed by atoms with Crippen LogP contribution in [0.5, 0.6) is 5.88 Å². The predicted molar refractivity (Wildman–Crippen MR) is 67.7 cm³/mol. The number of benzene rings is 1. The van der Waals surface area contributed by atoms with E-state index >= 15 is 0 Å². The Balaban J connectivity index is 1.96. The molecule has 0 spiro atoms. The molecule has 1 N–H and O–H groups in total. The first-order valence-corrected chi connectivity index (χ1v) is 5.75. The summed E-state index contributed by atoms with van der Waals surface area (Å²) in [5, 5.41) is 3.04. The van der Waals surface area contributed by atoms with Crippen molar-refractivity contribution in [3.8, 4) is 5.88 Å². The van der Waals surface area contributed by atoms with Crippen LogP contribution in [0.15, 0.2) is 42.6 Å². The standard InChI is InChI=1S/C14H15FN2O/c1-16-8-11-6-7-14(17-9-11)18-10-12-4-2-3-5-13(12)15/h2-7,9,16H,8,10H2,1H3. The van der Waals surface area contributed by atoms with Gasteiger partial charge in [-0.25, -0.2) is 9.37 Å². The van der Waals surface area contributed by atoms with Crippen LogP contribution in [0.4, 0.5) is 4.39 Å². The van der Waals surface area contributed by atoms with Crippen molar-refractivity contribution >= 4 is 0 Å². The lowest BCUT2D eigenvalue weighted by molar-refractivity contribution is 0.288. The lowest BCUT2D eigenvalue weighted by atomic mass is 10.2. The van der Waals surface area contributed by atoms with Crippen LogP contribution < -0.4 is 10.1 Å². The van der Waals surface area contributed by atoms with Crippen LogP contribution in [0, 0.1) is 5.82 Å². The Bertz CT molecular complexity index is 499. The average Bonchev–Trinajstić information content (AvgIpc) is 2.40. The van der Waals surface area contributed by atoms with Crippen molar-refractivity contribution in [3.05, 3.63) is 59.5 Å². The first-order chi connectivity index (χ1) is 8.79. The van der Waals surface area contributed by atoms with Crippen LogP contribution in [0.1, 0.15) is 11.1 Å². The Labute approximate surface area is 106 Å². The van der Waals surface area contributed by atoms with Crippen molar-refractivity contribution < 1.29 is 9.13 Å². The molecule has 0 radical (unpaired) electrons. The quantitative estimate of drug-likeness (QED) is 0.880. The fourth-order valence-corrected chi connectivity index (χ4v) is 1.57. The number of nitrogens with zero attached hydrogens (tertiary/aromatic N) is 1. The van der Waals surface area contributed by atoms with Gasteiger partial charge in [0.05, 0.1) is 0 Å². The van der Waals surface area contributed by atoms with Gasteiger partial charge < -0.3 is 10.1 Å². The van der Waals surface area contributed by atoms with Gasteiger partial charge in [-0.2, -0.15) is 0 Å². The summed E-state index contributed by atoms with van der Waals surface area (Å²) in [6.45, 7) is 0.950. The van der Waals surface area contributed by atoms with E-state index in [1.165, 1.54) is 6.07 Å². The highest BCUT2D eigenvalue weighted by Gasteiger charge is 2.02. The minimum atomic E-state index is -0.260. The molecule has 2 aromatic rings. The van der Waals surface area contributed by atoms with Crippen LogP contribution in [0.3, 0.4) is 0 Å². The Morgan fingerprint density at radius 2 is 2.06 bits per heavy atom. The SMILES string of the molecule is CNCc1ccc(OCc2ccccc2F)nc1. The minimum Gasteiger partial charge on any atom is -0.473 e. The highest BCUT2D eigenvalue weighted by atomic mass is 19.1. The zero-order valence-electron chi connectivity index (χ0n) is 10.2. The summed E-state index contributed by atoms with van der Waals surface area (Å²) in [5.74, 6) is 0.238. The number of aromatic nitrogens is 1. The number of nitrogens with one attached hydrogen (secondary N) is 1. The van der Waals surface area contributed by atoms with Crippen LogP contribution in [0.25, 0.3) is 0 Å². The van der Waals surface area contributed by atoms with Gasteiger partial charge in [-0.1, -0.05) is 24.3 Å². The topological polar surface area (TPSA) is 34.1 Å². The molecule has 3 nitrogen and oxygen atoms in total. The van der Waals surface area contributed by atoms with E-state index in [1.54, 1.807) is 30.5 Å². The molecule has 0 unspecified atom stereocenters. The summed E-state index contributed by atoms with van der Waals surface area (Å²) in [4.78, 5) is 4.16. The fraction of sp³-hybridized carbons (Fsp3) is 0.214. The van der Waals surface area contributed by atoms with E-state index < -0.39 is 0 Å². The van der Waals surface area contributed by atoms with Crippen molar-refractivity contribution in [1.82, 2.24) is 10.3 Å². The summed E-state index contributed by atoms with van der Waals surface area (Å²) < 4.78 is 18.8. The first-order valence-electron chi connectivity index (χ1n) is 5.75. The average molecular weight is 246 g/mol. The maximum Gasteiger partial charge on any atom is 0.213 e. The number of hydrogen-bond acceptors (Lipinski definition) is 3. The van der Waals surface area contributed by atoms with Crippen molar-refractivity contribution in [1.29, 1.82) is 0 Å². The second-order valence-corrected chi connectivity index (χ2v) is 3.92. The van der Waals surface area contributed by atoms with Crippen molar-refractivity contribution in [2.75, 3.05) is 7.05 Å². The minimum absolute atomic E-state index is 0.186. The molecule has 0 aliphatic carbocycles. The maximum atomic E-state index is 13.3. The third-order valence-corrected chi connectivity index (χ3v) is 2.51. The summed E-state index contributed by atoms with van der Waals surface area (Å²) in [5.41, 5.74) is 1.61. The normalized spacial score (nSPS) is 10.3. The molecule has 0 aliphatic rings. The number of rotatable bonds is 5. The second kappa shape index (κ2) is 6.12. The number of halogens is 1. The third kappa shape index (κ3) is 3.28. The summed E-state index contributed by atoms with van der Waals surface area (Å²) in [7, 11) is 1.88. The summed E-state index contributed by atoms with van der Waals surface area (Å²) in [6, 6.07) is 10.3. The number of hydrogen-bond donors (Lipinski definition) is 1. The van der Waals surface area contributed by atoms with Gasteiger partial charge in [0.25, 0.3) is 0 Å². The monoisotopic (exact) mass is 246 g/mol. The Morgan fingerprint density at radius 3 is 2.72 bits per heavy atom. The lowest BCUT2D eigenvalue weighted by Gasteiger charge is -2.06. The van der Waals surface area contributed by atoms with Crippen molar-refractivity contribution in [2.45, 2.75) is 13.2 Å². The van der Waals surface area contributed by atoms with Gasteiger partial charge >= 0.3 is 0 Å². The molecule has 4 heteroatoms. The molecule has 1 aromatic heterocycles. The molecule has 1 aromatic carbocycles. The molecule has 0 amide bonds. The molecule has 0 bridgehead atoms. The molecule has 0 saturated carbocycles. The zero-order chi connectivity index (χ0) is 12.8. The molecule has 0 fully saturated rings. The van der Waals surface area contributed by atoms with E-state index in [9.17, 15) is 4.39 Å². The van der Waals surface area contributed by atoms with Gasteiger partial charge in [-0.15, -0.1) is 0 Å². The van der Waals surface area contributed by atoms with Gasteiger partial charge in [-0.3, -0.25) is 0 Å². The molecular formula is C14H15FN2O. The number of pyridine rings is 1. The fourth-order valence-electron chi connectivity index (χ4n) is 1.57. The largest absolute Gasteiger partial charge is 0.473 e. The van der Waals surface area contributed by atoms with E-state index in [4.69, 9.17) is 4.74 Å². The van der Waals surface area contributed by atoms with Gasteiger partial charge in [0.1, 0.15) is 12.4 Å². The lowest BCUT2D eigenvalue weighted by Crippen LogP contribution is -2.05. The van der Waals surface area contributed by atoms with Gasteiger partial charge in [0.15, 0.2) is 0 Å². The molecule has 94 valence electrons. The molecule has 2 rings (SSSR count). The highest BCUT2D eigenvalue weighted by Crippen LogP contribution is 2.12. The highest BCUT2D eigenvalue weighted by molar-refractivity contribution is 5.20.